The maximum Gasteiger partial charge on any atom is 0.306 e. The summed E-state index contributed by atoms with van der Waals surface area (Å²) in [7, 11) is -0.566. The Hall–Kier alpha value is -2.47. The normalized spacial score (nSPS) is 22.7. The molecule has 2 heterocycles. The van der Waals surface area contributed by atoms with Crippen molar-refractivity contribution in [2.45, 2.75) is 36.6 Å². The minimum Gasteiger partial charge on any atom is -0.481 e. The van der Waals surface area contributed by atoms with Crippen LogP contribution in [0.5, 0.6) is 0 Å². The van der Waals surface area contributed by atoms with Gasteiger partial charge in [0.15, 0.2) is 0 Å². The molecule has 2 unspecified atom stereocenters. The van der Waals surface area contributed by atoms with E-state index in [1.807, 2.05) is 0 Å². The SMILES string of the molecule is CN(C)S(=O)(=O)c1ccc(-c2ccc(C=C3SC(=S)N(C4CCCC(C(=O)O)C4)C3=O)o2)cc1. The lowest BCUT2D eigenvalue weighted by Gasteiger charge is -2.32. The highest BCUT2D eigenvalue weighted by atomic mass is 32.2. The number of hydrogen-bond donors (Lipinski definition) is 1. The van der Waals surface area contributed by atoms with Gasteiger partial charge in [-0.15, -0.1) is 0 Å². The molecule has 0 bridgehead atoms. The van der Waals surface area contributed by atoms with Gasteiger partial charge in [-0.2, -0.15) is 0 Å². The largest absolute Gasteiger partial charge is 0.481 e. The van der Waals surface area contributed by atoms with Crippen LogP contribution in [0, 0.1) is 5.92 Å². The maximum atomic E-state index is 13.1. The number of rotatable bonds is 6. The molecule has 1 saturated carbocycles. The molecule has 2 fully saturated rings. The highest BCUT2D eigenvalue weighted by molar-refractivity contribution is 8.26. The number of carboxylic acids is 1. The molecule has 2 aromatic rings. The predicted molar refractivity (Wildman–Crippen MR) is 133 cm³/mol. The van der Waals surface area contributed by atoms with Crippen LogP contribution < -0.4 is 0 Å². The minimum atomic E-state index is -3.52. The Morgan fingerprint density at radius 1 is 1.21 bits per heavy atom. The number of thioether (sulfide) groups is 1. The van der Waals surface area contributed by atoms with E-state index in [1.165, 1.54) is 38.0 Å². The zero-order valence-corrected chi connectivity index (χ0v) is 21.1. The van der Waals surface area contributed by atoms with E-state index < -0.39 is 21.9 Å². The summed E-state index contributed by atoms with van der Waals surface area (Å²) in [6.45, 7) is 0. The van der Waals surface area contributed by atoms with Gasteiger partial charge in [0.2, 0.25) is 10.0 Å². The van der Waals surface area contributed by atoms with E-state index in [1.54, 1.807) is 35.2 Å². The molecule has 0 radical (unpaired) electrons. The average molecular weight is 521 g/mol. The molecule has 8 nitrogen and oxygen atoms in total. The Morgan fingerprint density at radius 3 is 2.56 bits per heavy atom. The first-order valence-corrected chi connectivity index (χ1v) is 13.4. The van der Waals surface area contributed by atoms with E-state index in [4.69, 9.17) is 16.6 Å². The van der Waals surface area contributed by atoms with Crippen LogP contribution in [0.15, 0.2) is 50.6 Å². The summed E-state index contributed by atoms with van der Waals surface area (Å²) in [6, 6.07) is 9.64. The van der Waals surface area contributed by atoms with Gasteiger partial charge < -0.3 is 9.52 Å². The fraction of sp³-hybridized carbons (Fsp3) is 0.348. The van der Waals surface area contributed by atoms with Crippen LogP contribution in [-0.4, -0.2) is 59.1 Å². The first-order valence-electron chi connectivity index (χ1n) is 10.7. The number of benzene rings is 1. The number of carboxylic acid groups (broad SMARTS) is 1. The molecule has 4 rings (SSSR count). The third-order valence-corrected chi connectivity index (χ3v) is 9.16. The number of nitrogens with zero attached hydrogens (tertiary/aromatic N) is 2. The Labute approximate surface area is 207 Å². The monoisotopic (exact) mass is 520 g/mol. The zero-order chi connectivity index (χ0) is 24.6. The van der Waals surface area contributed by atoms with E-state index in [-0.39, 0.29) is 16.8 Å². The lowest BCUT2D eigenvalue weighted by Crippen LogP contribution is -2.42. The van der Waals surface area contributed by atoms with Gasteiger partial charge in [0.25, 0.3) is 5.91 Å². The van der Waals surface area contributed by atoms with Crippen LogP contribution >= 0.6 is 24.0 Å². The van der Waals surface area contributed by atoms with E-state index in [0.717, 1.165) is 17.1 Å². The van der Waals surface area contributed by atoms with Crippen molar-refractivity contribution in [2.24, 2.45) is 5.92 Å². The van der Waals surface area contributed by atoms with Crippen molar-refractivity contribution < 1.29 is 27.5 Å². The Bertz CT molecular complexity index is 1260. The molecule has 180 valence electrons. The molecular weight excluding hydrogens is 496 g/mol. The van der Waals surface area contributed by atoms with Crippen molar-refractivity contribution in [2.75, 3.05) is 14.1 Å². The molecule has 34 heavy (non-hydrogen) atoms. The quantitative estimate of drug-likeness (QED) is 0.449. The standard InChI is InChI=1S/C23H24N2O6S3/c1-24(2)34(29,30)18-9-6-14(7-10-18)19-11-8-17(31-19)13-20-21(26)25(23(32)33-20)16-5-3-4-15(12-16)22(27)28/h6-11,13,15-16H,3-5,12H2,1-2H3,(H,27,28). The third-order valence-electron chi connectivity index (χ3n) is 6.00. The highest BCUT2D eigenvalue weighted by Gasteiger charge is 2.40. The van der Waals surface area contributed by atoms with Crippen molar-refractivity contribution in [1.29, 1.82) is 0 Å². The smallest absolute Gasteiger partial charge is 0.306 e. The Morgan fingerprint density at radius 2 is 1.91 bits per heavy atom. The molecule has 1 aromatic heterocycles. The summed E-state index contributed by atoms with van der Waals surface area (Å²) in [5.74, 6) is -0.526. The van der Waals surface area contributed by atoms with Crippen LogP contribution in [0.25, 0.3) is 17.4 Å². The van der Waals surface area contributed by atoms with Gasteiger partial charge in [0.05, 0.1) is 15.7 Å². The lowest BCUT2D eigenvalue weighted by atomic mass is 9.85. The average Bonchev–Trinajstić information content (AvgIpc) is 3.38. The van der Waals surface area contributed by atoms with Crippen LogP contribution in [0.4, 0.5) is 0 Å². The summed E-state index contributed by atoms with van der Waals surface area (Å²) in [5.41, 5.74) is 0.701. The summed E-state index contributed by atoms with van der Waals surface area (Å²) < 4.78 is 31.9. The molecule has 2 atom stereocenters. The van der Waals surface area contributed by atoms with E-state index in [9.17, 15) is 23.1 Å². The lowest BCUT2D eigenvalue weighted by molar-refractivity contribution is -0.144. The van der Waals surface area contributed by atoms with Gasteiger partial charge in [0.1, 0.15) is 15.8 Å². The molecule has 1 aliphatic carbocycles. The van der Waals surface area contributed by atoms with Gasteiger partial charge in [-0.25, -0.2) is 12.7 Å². The van der Waals surface area contributed by atoms with Crippen molar-refractivity contribution in [3.63, 3.8) is 0 Å². The van der Waals surface area contributed by atoms with E-state index in [0.29, 0.717) is 39.2 Å². The van der Waals surface area contributed by atoms with Crippen LogP contribution in [0.2, 0.25) is 0 Å². The summed E-state index contributed by atoms with van der Waals surface area (Å²) in [6.07, 6.45) is 4.13. The molecule has 1 aliphatic heterocycles. The summed E-state index contributed by atoms with van der Waals surface area (Å²) in [5, 5.41) is 9.36. The molecule has 0 spiro atoms. The van der Waals surface area contributed by atoms with E-state index in [2.05, 4.69) is 0 Å². The fourth-order valence-corrected chi connectivity index (χ4v) is 6.42. The number of aliphatic carboxylic acids is 1. The number of hydrogen-bond acceptors (Lipinski definition) is 7. The molecule has 1 N–H and O–H groups in total. The topological polar surface area (TPSA) is 108 Å². The van der Waals surface area contributed by atoms with Crippen LogP contribution in [-0.2, 0) is 19.6 Å². The minimum absolute atomic E-state index is 0.185. The second-order valence-corrected chi connectivity index (χ2v) is 12.2. The van der Waals surface area contributed by atoms with Gasteiger partial charge in [-0.3, -0.25) is 14.5 Å². The molecule has 2 aliphatic rings. The Balaban J connectivity index is 1.51. The number of carbonyl (C=O) groups excluding carboxylic acids is 1. The van der Waals surface area contributed by atoms with Gasteiger partial charge in [-0.1, -0.05) is 30.4 Å². The Kier molecular flexibility index (Phi) is 6.99. The number of carbonyl (C=O) groups is 2. The fourth-order valence-electron chi connectivity index (χ4n) is 4.13. The number of thiocarbonyl (C=S) groups is 1. The van der Waals surface area contributed by atoms with Crippen LogP contribution in [0.3, 0.4) is 0 Å². The predicted octanol–water partition coefficient (Wildman–Crippen LogP) is 4.04. The third kappa shape index (κ3) is 4.83. The van der Waals surface area contributed by atoms with Gasteiger partial charge in [0, 0.05) is 31.8 Å². The van der Waals surface area contributed by atoms with Gasteiger partial charge in [-0.05, 0) is 55.7 Å². The van der Waals surface area contributed by atoms with E-state index >= 15 is 0 Å². The molecule has 1 amide bonds. The van der Waals surface area contributed by atoms with Crippen molar-refractivity contribution in [3.8, 4) is 11.3 Å². The maximum absolute atomic E-state index is 13.1. The summed E-state index contributed by atoms with van der Waals surface area (Å²) in [4.78, 5) is 26.6. The molecule has 11 heteroatoms. The second-order valence-electron chi connectivity index (χ2n) is 8.42. The summed E-state index contributed by atoms with van der Waals surface area (Å²) >= 11 is 6.62. The number of amides is 1. The van der Waals surface area contributed by atoms with Crippen LogP contribution in [0.1, 0.15) is 31.4 Å². The first-order chi connectivity index (χ1) is 16.1. The molecule has 1 aromatic carbocycles. The highest BCUT2D eigenvalue weighted by Crippen LogP contribution is 2.39. The van der Waals surface area contributed by atoms with Crippen molar-refractivity contribution >= 4 is 56.3 Å². The van der Waals surface area contributed by atoms with Crippen molar-refractivity contribution in [1.82, 2.24) is 9.21 Å². The number of sulfonamides is 1. The second kappa shape index (κ2) is 9.65. The molecular formula is C23H24N2O6S3. The molecule has 1 saturated heterocycles. The van der Waals surface area contributed by atoms with Gasteiger partial charge >= 0.3 is 5.97 Å². The first kappa shape index (κ1) is 24.6. The van der Waals surface area contributed by atoms with Crippen molar-refractivity contribution in [3.05, 3.63) is 47.1 Å². The number of furan rings is 1. The zero-order valence-electron chi connectivity index (χ0n) is 18.6.